The van der Waals surface area contributed by atoms with Crippen molar-refractivity contribution in [3.8, 4) is 5.75 Å². The summed E-state index contributed by atoms with van der Waals surface area (Å²) in [4.78, 5) is 0. The van der Waals surface area contributed by atoms with Gasteiger partial charge in [0.1, 0.15) is 11.5 Å². The number of hydrogen-bond acceptors (Lipinski definition) is 2. The first kappa shape index (κ1) is 18.4. The summed E-state index contributed by atoms with van der Waals surface area (Å²) >= 11 is 0. The van der Waals surface area contributed by atoms with E-state index in [2.05, 4.69) is 47.3 Å². The van der Waals surface area contributed by atoms with Gasteiger partial charge in [-0.1, -0.05) is 52.0 Å². The van der Waals surface area contributed by atoms with Crippen LogP contribution in [0, 0.1) is 5.41 Å². The Kier molecular flexibility index (Phi) is 4.98. The zero-order valence-corrected chi connectivity index (χ0v) is 15.6. The van der Waals surface area contributed by atoms with E-state index in [1.54, 1.807) is 12.1 Å². The summed E-state index contributed by atoms with van der Waals surface area (Å²) < 4.78 is 0. The second-order valence-electron chi connectivity index (χ2n) is 8.29. The van der Waals surface area contributed by atoms with Crippen LogP contribution in [0.15, 0.2) is 54.3 Å². The van der Waals surface area contributed by atoms with Crippen molar-refractivity contribution in [2.75, 3.05) is 0 Å². The normalized spacial score (nSPS) is 20.8. The van der Waals surface area contributed by atoms with E-state index in [0.29, 0.717) is 11.7 Å². The molecule has 1 atom stereocenters. The Morgan fingerprint density at radius 3 is 2.62 bits per heavy atom. The van der Waals surface area contributed by atoms with E-state index in [4.69, 9.17) is 0 Å². The molecule has 0 saturated carbocycles. The highest BCUT2D eigenvalue weighted by Crippen LogP contribution is 2.51. The van der Waals surface area contributed by atoms with Crippen LogP contribution >= 0.6 is 0 Å². The third kappa shape index (κ3) is 3.75. The Balaban J connectivity index is 2.28. The quantitative estimate of drug-likeness (QED) is 0.503. The number of benzene rings is 1. The molecular weight excluding hydrogens is 296 g/mol. The number of rotatable bonds is 5. The lowest BCUT2D eigenvalue weighted by Crippen LogP contribution is -2.18. The number of phenolic OH excluding ortho intramolecular Hbond substituents is 1. The van der Waals surface area contributed by atoms with Gasteiger partial charge in [0, 0.05) is 0 Å². The van der Waals surface area contributed by atoms with E-state index in [0.717, 1.165) is 12.8 Å². The van der Waals surface area contributed by atoms with Crippen molar-refractivity contribution in [1.82, 2.24) is 0 Å². The van der Waals surface area contributed by atoms with Crippen molar-refractivity contribution < 1.29 is 10.2 Å². The van der Waals surface area contributed by atoms with Gasteiger partial charge in [0.05, 0.1) is 0 Å². The summed E-state index contributed by atoms with van der Waals surface area (Å²) in [7, 11) is 0. The Bertz CT molecular complexity index is 690. The Morgan fingerprint density at radius 2 is 2.00 bits per heavy atom. The number of hydrogen-bond donors (Lipinski definition) is 2. The molecule has 2 nitrogen and oxygen atoms in total. The van der Waals surface area contributed by atoms with Crippen LogP contribution in [-0.4, -0.2) is 10.2 Å². The number of fused-ring (bicyclic) bond motifs is 1. The van der Waals surface area contributed by atoms with Crippen molar-refractivity contribution in [1.29, 1.82) is 0 Å². The minimum atomic E-state index is 0.00572. The topological polar surface area (TPSA) is 40.5 Å². The van der Waals surface area contributed by atoms with Gasteiger partial charge in [0.15, 0.2) is 0 Å². The molecular formula is C22H30O2. The van der Waals surface area contributed by atoms with Gasteiger partial charge < -0.3 is 10.2 Å². The van der Waals surface area contributed by atoms with Gasteiger partial charge in [-0.15, -0.1) is 0 Å². The first-order valence-electron chi connectivity index (χ1n) is 8.61. The first-order valence-corrected chi connectivity index (χ1v) is 8.61. The number of phenols is 1. The molecule has 2 heteroatoms. The largest absolute Gasteiger partial charge is 0.508 e. The van der Waals surface area contributed by atoms with Gasteiger partial charge >= 0.3 is 0 Å². The molecule has 0 saturated heterocycles. The molecule has 130 valence electrons. The lowest BCUT2D eigenvalue weighted by atomic mass is 9.74. The van der Waals surface area contributed by atoms with Gasteiger partial charge in [-0.05, 0) is 71.9 Å². The fourth-order valence-corrected chi connectivity index (χ4v) is 3.80. The highest BCUT2D eigenvalue weighted by atomic mass is 16.3. The molecule has 2 N–H and O–H groups in total. The van der Waals surface area contributed by atoms with Crippen LogP contribution in [0.3, 0.4) is 0 Å². The van der Waals surface area contributed by atoms with Crippen LogP contribution in [0.2, 0.25) is 0 Å². The molecule has 1 aliphatic rings. The highest BCUT2D eigenvalue weighted by molar-refractivity contribution is 5.46. The average Bonchev–Trinajstić information content (AvgIpc) is 2.73. The molecule has 0 radical (unpaired) electrons. The average molecular weight is 326 g/mol. The van der Waals surface area contributed by atoms with Crippen LogP contribution in [0.4, 0.5) is 0 Å². The second-order valence-corrected chi connectivity index (χ2v) is 8.29. The van der Waals surface area contributed by atoms with Gasteiger partial charge in [0.2, 0.25) is 0 Å². The lowest BCUT2D eigenvalue weighted by Gasteiger charge is -2.30. The van der Waals surface area contributed by atoms with Crippen molar-refractivity contribution in [2.45, 2.75) is 58.8 Å². The predicted molar refractivity (Wildman–Crippen MR) is 102 cm³/mol. The summed E-state index contributed by atoms with van der Waals surface area (Å²) in [5.74, 6) is 0.959. The Labute approximate surface area is 146 Å². The van der Waals surface area contributed by atoms with E-state index in [-0.39, 0.29) is 16.6 Å². The maximum absolute atomic E-state index is 9.91. The molecule has 0 heterocycles. The van der Waals surface area contributed by atoms with E-state index < -0.39 is 0 Å². The van der Waals surface area contributed by atoms with Gasteiger partial charge in [0.25, 0.3) is 0 Å². The van der Waals surface area contributed by atoms with Crippen molar-refractivity contribution >= 4 is 0 Å². The third-order valence-electron chi connectivity index (χ3n) is 5.50. The van der Waals surface area contributed by atoms with Gasteiger partial charge in [-0.2, -0.15) is 0 Å². The van der Waals surface area contributed by atoms with E-state index >= 15 is 0 Å². The van der Waals surface area contributed by atoms with Crippen LogP contribution in [-0.2, 0) is 5.41 Å². The lowest BCUT2D eigenvalue weighted by molar-refractivity contribution is 0.340. The molecule has 1 aromatic carbocycles. The van der Waals surface area contributed by atoms with Crippen LogP contribution in [0.1, 0.15) is 64.5 Å². The number of aliphatic hydroxyl groups is 1. The zero-order valence-electron chi connectivity index (χ0n) is 15.6. The zero-order chi connectivity index (χ0) is 18.1. The first-order chi connectivity index (χ1) is 11.1. The maximum atomic E-state index is 9.91. The number of aliphatic hydroxyl groups excluding tert-OH is 1. The summed E-state index contributed by atoms with van der Waals surface area (Å²) in [6.07, 6.45) is 7.21. The van der Waals surface area contributed by atoms with Crippen LogP contribution in [0.5, 0.6) is 5.75 Å². The van der Waals surface area contributed by atoms with Gasteiger partial charge in [-0.3, -0.25) is 0 Å². The molecule has 0 aliphatic heterocycles. The molecule has 0 spiro atoms. The molecule has 0 fully saturated rings. The molecule has 2 rings (SSSR count). The summed E-state index contributed by atoms with van der Waals surface area (Å²) in [5.41, 5.74) is 4.01. The predicted octanol–water partition coefficient (Wildman–Crippen LogP) is 6.15. The van der Waals surface area contributed by atoms with Crippen molar-refractivity contribution in [3.63, 3.8) is 0 Å². The highest BCUT2D eigenvalue weighted by Gasteiger charge is 2.39. The van der Waals surface area contributed by atoms with Crippen LogP contribution in [0.25, 0.3) is 0 Å². The van der Waals surface area contributed by atoms with E-state index in [1.807, 2.05) is 12.1 Å². The maximum Gasteiger partial charge on any atom is 0.115 e. The van der Waals surface area contributed by atoms with Crippen LogP contribution < -0.4 is 0 Å². The Hall–Kier alpha value is -1.96. The standard InChI is InChI=1S/C22H30O2/c1-7-17(23)9-8-15(2)21(3,4)13-16-14-22(5,6)20-11-10-18(24)12-19(16)20/h7-12,16,23-24H,1,13-14H2,2-6H3/b15-8+,17-9+. The fourth-order valence-electron chi connectivity index (χ4n) is 3.80. The van der Waals surface area contributed by atoms with E-state index in [9.17, 15) is 10.2 Å². The molecule has 0 amide bonds. The molecule has 0 aromatic heterocycles. The Morgan fingerprint density at radius 1 is 1.33 bits per heavy atom. The number of aromatic hydroxyl groups is 1. The molecule has 1 unspecified atom stereocenters. The van der Waals surface area contributed by atoms with Crippen molar-refractivity contribution in [3.05, 3.63) is 65.5 Å². The molecule has 0 bridgehead atoms. The summed E-state index contributed by atoms with van der Waals surface area (Å²) in [6, 6.07) is 5.81. The summed E-state index contributed by atoms with van der Waals surface area (Å²) in [5, 5.41) is 19.5. The molecule has 1 aromatic rings. The smallest absolute Gasteiger partial charge is 0.115 e. The SMILES string of the molecule is C=C/C(O)=C\C=C(/C)C(C)(C)CC1CC(C)(C)c2ccc(O)cc21. The fraction of sp³-hybridized carbons (Fsp3) is 0.455. The van der Waals surface area contributed by atoms with Gasteiger partial charge in [-0.25, -0.2) is 0 Å². The molecule has 1 aliphatic carbocycles. The second kappa shape index (κ2) is 6.51. The molecule has 24 heavy (non-hydrogen) atoms. The monoisotopic (exact) mass is 326 g/mol. The van der Waals surface area contributed by atoms with Crippen molar-refractivity contribution in [2.24, 2.45) is 5.41 Å². The minimum Gasteiger partial charge on any atom is -0.508 e. The third-order valence-corrected chi connectivity index (χ3v) is 5.50. The van der Waals surface area contributed by atoms with E-state index in [1.165, 1.54) is 22.8 Å². The number of allylic oxidation sites excluding steroid dienone is 4. The summed E-state index contributed by atoms with van der Waals surface area (Å²) in [6.45, 7) is 14.7. The minimum absolute atomic E-state index is 0.00572.